The lowest BCUT2D eigenvalue weighted by Crippen LogP contribution is -2.57. The number of nitrogens with one attached hydrogen (secondary N) is 1. The fraction of sp³-hybridized carbons (Fsp3) is 0.913. The van der Waals surface area contributed by atoms with Crippen LogP contribution in [0.1, 0.15) is 46.5 Å². The number of rotatable bonds is 6. The van der Waals surface area contributed by atoms with Crippen molar-refractivity contribution in [2.75, 3.05) is 72.5 Å². The number of nitrogens with zero attached hydrogens (tertiary/aromatic N) is 5. The molecule has 0 aromatic heterocycles. The average molecular weight is 549 g/mol. The van der Waals surface area contributed by atoms with Crippen LogP contribution in [0, 0.1) is 11.8 Å². The minimum Gasteiger partial charge on any atom is -0.356 e. The number of piperazine rings is 1. The molecule has 0 saturated carbocycles. The molecule has 1 N–H and O–H groups in total. The van der Waals surface area contributed by atoms with Crippen LogP contribution < -0.4 is 5.32 Å². The van der Waals surface area contributed by atoms with Crippen molar-refractivity contribution in [3.05, 3.63) is 0 Å². The molecule has 1 amide bonds. The van der Waals surface area contributed by atoms with E-state index < -0.39 is 0 Å². The Kier molecular flexibility index (Phi) is 11.3. The summed E-state index contributed by atoms with van der Waals surface area (Å²) in [7, 11) is 1.89. The van der Waals surface area contributed by atoms with Crippen molar-refractivity contribution in [1.29, 1.82) is 0 Å². The summed E-state index contributed by atoms with van der Waals surface area (Å²) < 4.78 is 0. The van der Waals surface area contributed by atoms with Crippen molar-refractivity contribution in [2.45, 2.75) is 52.5 Å². The molecule has 0 radical (unpaired) electrons. The zero-order valence-electron chi connectivity index (χ0n) is 20.2. The van der Waals surface area contributed by atoms with Crippen LogP contribution in [0.5, 0.6) is 0 Å². The first-order valence-corrected chi connectivity index (χ1v) is 12.2. The van der Waals surface area contributed by atoms with Crippen molar-refractivity contribution in [3.63, 3.8) is 0 Å². The third-order valence-electron chi connectivity index (χ3n) is 6.92. The van der Waals surface area contributed by atoms with E-state index in [2.05, 4.69) is 45.8 Å². The molecule has 3 fully saturated rings. The first-order chi connectivity index (χ1) is 14.5. The molecule has 3 heterocycles. The quantitative estimate of drug-likeness (QED) is 0.314. The predicted molar refractivity (Wildman–Crippen MR) is 139 cm³/mol. The fourth-order valence-electron chi connectivity index (χ4n) is 5.25. The molecular weight excluding hydrogens is 503 g/mol. The predicted octanol–water partition coefficient (Wildman–Crippen LogP) is 2.18. The van der Waals surface area contributed by atoms with Gasteiger partial charge in [-0.15, -0.1) is 24.0 Å². The molecule has 2 unspecified atom stereocenters. The second kappa shape index (κ2) is 13.2. The van der Waals surface area contributed by atoms with E-state index in [9.17, 15) is 4.79 Å². The Balaban J connectivity index is 0.00000341. The first-order valence-electron chi connectivity index (χ1n) is 12.2. The number of likely N-dealkylation sites (tertiary alicyclic amines) is 2. The van der Waals surface area contributed by atoms with Gasteiger partial charge >= 0.3 is 0 Å². The SMILES string of the molecule is CN=C(NCC1CCCN(CC(C)C)C1)N1CCN(C(C)C(=O)N2CCCC2)CC1.I. The minimum atomic E-state index is -0.00518. The van der Waals surface area contributed by atoms with Crippen LogP contribution in [0.4, 0.5) is 0 Å². The summed E-state index contributed by atoms with van der Waals surface area (Å²) in [5, 5.41) is 3.65. The smallest absolute Gasteiger partial charge is 0.239 e. The lowest BCUT2D eigenvalue weighted by atomic mass is 9.97. The molecule has 3 aliphatic heterocycles. The second-order valence-electron chi connectivity index (χ2n) is 9.82. The lowest BCUT2D eigenvalue weighted by Gasteiger charge is -2.40. The molecule has 7 nitrogen and oxygen atoms in total. The molecular formula is C23H45IN6O. The average Bonchev–Trinajstić information content (AvgIpc) is 3.28. The van der Waals surface area contributed by atoms with Crippen molar-refractivity contribution in [3.8, 4) is 0 Å². The van der Waals surface area contributed by atoms with Gasteiger partial charge in [-0.3, -0.25) is 14.7 Å². The molecule has 0 aromatic rings. The van der Waals surface area contributed by atoms with Gasteiger partial charge in [-0.1, -0.05) is 13.8 Å². The summed E-state index contributed by atoms with van der Waals surface area (Å²) in [6.07, 6.45) is 4.93. The van der Waals surface area contributed by atoms with Crippen LogP contribution in [0.2, 0.25) is 0 Å². The van der Waals surface area contributed by atoms with Crippen LogP contribution in [0.25, 0.3) is 0 Å². The van der Waals surface area contributed by atoms with Crippen LogP contribution in [-0.2, 0) is 4.79 Å². The van der Waals surface area contributed by atoms with Gasteiger partial charge in [-0.05, 0) is 51.0 Å². The number of hydrogen-bond acceptors (Lipinski definition) is 4. The van der Waals surface area contributed by atoms with Gasteiger partial charge in [0.05, 0.1) is 6.04 Å². The molecule has 0 spiro atoms. The number of carbonyl (C=O) groups is 1. The lowest BCUT2D eigenvalue weighted by molar-refractivity contribution is -0.135. The van der Waals surface area contributed by atoms with Crippen molar-refractivity contribution >= 4 is 35.8 Å². The Labute approximate surface area is 207 Å². The maximum Gasteiger partial charge on any atom is 0.239 e. The fourth-order valence-corrected chi connectivity index (χ4v) is 5.25. The summed E-state index contributed by atoms with van der Waals surface area (Å²) >= 11 is 0. The summed E-state index contributed by atoms with van der Waals surface area (Å²) in [5.74, 6) is 2.77. The molecule has 0 bridgehead atoms. The van der Waals surface area contributed by atoms with Crippen LogP contribution in [0.3, 0.4) is 0 Å². The van der Waals surface area contributed by atoms with Gasteiger partial charge in [0, 0.05) is 66.0 Å². The highest BCUT2D eigenvalue weighted by atomic mass is 127. The Hall–Kier alpha value is -0.610. The zero-order chi connectivity index (χ0) is 21.5. The summed E-state index contributed by atoms with van der Waals surface area (Å²) in [4.78, 5) is 26.6. The number of hydrogen-bond donors (Lipinski definition) is 1. The Morgan fingerprint density at radius 1 is 0.968 bits per heavy atom. The largest absolute Gasteiger partial charge is 0.356 e. The molecule has 0 aromatic carbocycles. The normalized spacial score (nSPS) is 24.9. The van der Waals surface area contributed by atoms with Crippen LogP contribution in [0.15, 0.2) is 4.99 Å². The molecule has 3 saturated heterocycles. The van der Waals surface area contributed by atoms with Gasteiger partial charge in [0.1, 0.15) is 0 Å². The number of guanidine groups is 1. The highest BCUT2D eigenvalue weighted by molar-refractivity contribution is 14.0. The van der Waals surface area contributed by atoms with Crippen molar-refractivity contribution in [1.82, 2.24) is 24.9 Å². The van der Waals surface area contributed by atoms with E-state index in [1.54, 1.807) is 0 Å². The van der Waals surface area contributed by atoms with E-state index in [0.29, 0.717) is 11.8 Å². The van der Waals surface area contributed by atoms with E-state index in [4.69, 9.17) is 0 Å². The number of amides is 1. The number of aliphatic imine (C=N–C) groups is 1. The Bertz CT molecular complexity index is 572. The first kappa shape index (κ1) is 26.6. The Morgan fingerprint density at radius 2 is 1.65 bits per heavy atom. The molecule has 2 atom stereocenters. The molecule has 31 heavy (non-hydrogen) atoms. The second-order valence-corrected chi connectivity index (χ2v) is 9.82. The maximum absolute atomic E-state index is 12.7. The summed E-state index contributed by atoms with van der Waals surface area (Å²) in [6.45, 7) is 17.0. The van der Waals surface area contributed by atoms with Gasteiger partial charge < -0.3 is 20.0 Å². The van der Waals surface area contributed by atoms with Crippen LogP contribution >= 0.6 is 24.0 Å². The molecule has 8 heteroatoms. The number of halogens is 1. The zero-order valence-corrected chi connectivity index (χ0v) is 22.5. The maximum atomic E-state index is 12.7. The van der Waals surface area contributed by atoms with Crippen LogP contribution in [-0.4, -0.2) is 110 Å². The number of carbonyl (C=O) groups excluding carboxylic acids is 1. The monoisotopic (exact) mass is 548 g/mol. The standard InChI is InChI=1S/C23H44N6O.HI/c1-19(2)17-26-9-7-8-21(18-26)16-25-23(24-4)29-14-12-27(13-15-29)20(3)22(30)28-10-5-6-11-28;/h19-21H,5-18H2,1-4H3,(H,24,25);1H. The van der Waals surface area contributed by atoms with E-state index in [-0.39, 0.29) is 30.0 Å². The number of piperidine rings is 1. The van der Waals surface area contributed by atoms with Gasteiger partial charge in [-0.2, -0.15) is 0 Å². The Morgan fingerprint density at radius 3 is 2.26 bits per heavy atom. The van der Waals surface area contributed by atoms with E-state index in [1.165, 1.54) is 32.5 Å². The molecule has 180 valence electrons. The minimum absolute atomic E-state index is 0. The van der Waals surface area contributed by atoms with Crippen molar-refractivity contribution < 1.29 is 4.79 Å². The topological polar surface area (TPSA) is 54.4 Å². The summed E-state index contributed by atoms with van der Waals surface area (Å²) in [5.41, 5.74) is 0. The highest BCUT2D eigenvalue weighted by Crippen LogP contribution is 2.17. The third kappa shape index (κ3) is 7.74. The van der Waals surface area contributed by atoms with E-state index >= 15 is 0 Å². The summed E-state index contributed by atoms with van der Waals surface area (Å²) in [6, 6.07) is -0.00518. The molecule has 3 aliphatic rings. The van der Waals surface area contributed by atoms with Gasteiger partial charge in [-0.25, -0.2) is 0 Å². The molecule has 3 rings (SSSR count). The van der Waals surface area contributed by atoms with E-state index in [1.807, 2.05) is 11.9 Å². The highest BCUT2D eigenvalue weighted by Gasteiger charge is 2.30. The third-order valence-corrected chi connectivity index (χ3v) is 6.92. The van der Waals surface area contributed by atoms with Crippen molar-refractivity contribution in [2.24, 2.45) is 16.8 Å². The van der Waals surface area contributed by atoms with Gasteiger partial charge in [0.2, 0.25) is 5.91 Å². The van der Waals surface area contributed by atoms with Gasteiger partial charge in [0.25, 0.3) is 0 Å². The molecule has 0 aliphatic carbocycles. The van der Waals surface area contributed by atoms with E-state index in [0.717, 1.165) is 70.5 Å². The van der Waals surface area contributed by atoms with Gasteiger partial charge in [0.15, 0.2) is 5.96 Å².